The largest absolute Gasteiger partial charge is 0.496 e. The fourth-order valence-electron chi connectivity index (χ4n) is 4.60. The second-order valence-electron chi connectivity index (χ2n) is 8.76. The van der Waals surface area contributed by atoms with Crippen LogP contribution in [0.4, 0.5) is 0 Å². The second kappa shape index (κ2) is 10.5. The Kier molecular flexibility index (Phi) is 6.79. The van der Waals surface area contributed by atoms with E-state index in [4.69, 9.17) is 4.74 Å². The summed E-state index contributed by atoms with van der Waals surface area (Å²) in [6, 6.07) is 11.7. The molecule has 4 heterocycles. The molecule has 0 aliphatic carbocycles. The van der Waals surface area contributed by atoms with Gasteiger partial charge in [0.15, 0.2) is 5.82 Å². The molecule has 1 aliphatic rings. The minimum atomic E-state index is 0.0376. The number of carbonyl (C=O) groups is 1. The van der Waals surface area contributed by atoms with Crippen LogP contribution in [-0.4, -0.2) is 55.9 Å². The average molecular weight is 469 g/mol. The molecule has 8 heteroatoms. The summed E-state index contributed by atoms with van der Waals surface area (Å²) in [5.41, 5.74) is 4.35. The topological polar surface area (TPSA) is 96.9 Å². The van der Waals surface area contributed by atoms with E-state index in [9.17, 15) is 4.79 Å². The Morgan fingerprint density at radius 2 is 1.86 bits per heavy atom. The van der Waals surface area contributed by atoms with Gasteiger partial charge >= 0.3 is 0 Å². The van der Waals surface area contributed by atoms with E-state index in [1.807, 2.05) is 41.3 Å². The van der Waals surface area contributed by atoms with Crippen molar-refractivity contribution in [2.24, 2.45) is 5.92 Å². The third-order valence-corrected chi connectivity index (χ3v) is 6.52. The van der Waals surface area contributed by atoms with Gasteiger partial charge in [0.25, 0.3) is 5.91 Å². The lowest BCUT2D eigenvalue weighted by atomic mass is 9.91. The maximum Gasteiger partial charge on any atom is 0.255 e. The zero-order chi connectivity index (χ0) is 24.0. The number of nitrogens with one attached hydrogen (secondary N) is 1. The van der Waals surface area contributed by atoms with Crippen LogP contribution in [0.3, 0.4) is 0 Å². The van der Waals surface area contributed by atoms with Crippen LogP contribution in [0, 0.1) is 5.92 Å². The molecule has 3 aromatic heterocycles. The molecule has 1 amide bonds. The number of ether oxygens (including phenoxy) is 1. The average Bonchev–Trinajstić information content (AvgIpc) is 3.45. The molecule has 8 nitrogen and oxygen atoms in total. The Labute approximate surface area is 204 Å². The number of nitrogens with zero attached hydrogens (tertiary/aromatic N) is 5. The van der Waals surface area contributed by atoms with E-state index in [0.29, 0.717) is 17.9 Å². The summed E-state index contributed by atoms with van der Waals surface area (Å²) < 4.78 is 5.43. The van der Waals surface area contributed by atoms with Crippen LogP contribution < -0.4 is 4.74 Å². The number of aromatic nitrogens is 5. The fourth-order valence-corrected chi connectivity index (χ4v) is 4.60. The molecule has 1 N–H and O–H groups in total. The van der Waals surface area contributed by atoms with Crippen LogP contribution >= 0.6 is 0 Å². The van der Waals surface area contributed by atoms with Gasteiger partial charge in [-0.05, 0) is 43.4 Å². The number of H-pyrrole nitrogens is 1. The number of para-hydroxylation sites is 1. The summed E-state index contributed by atoms with van der Waals surface area (Å²) in [7, 11) is 1.67. The lowest BCUT2D eigenvalue weighted by molar-refractivity contribution is 0.0690. The van der Waals surface area contributed by atoms with Gasteiger partial charge in [0.1, 0.15) is 11.4 Å². The summed E-state index contributed by atoms with van der Waals surface area (Å²) in [5, 5.41) is 0. The van der Waals surface area contributed by atoms with Crippen LogP contribution in [0.1, 0.15) is 40.2 Å². The number of pyridine rings is 1. The molecule has 0 bridgehead atoms. The molecule has 1 aliphatic heterocycles. The van der Waals surface area contributed by atoms with E-state index in [1.54, 1.807) is 38.1 Å². The molecule has 178 valence electrons. The Hall–Kier alpha value is -4.07. The number of carbonyl (C=O) groups excluding carboxylic acids is 1. The Morgan fingerprint density at radius 3 is 2.60 bits per heavy atom. The first-order chi connectivity index (χ1) is 17.2. The summed E-state index contributed by atoms with van der Waals surface area (Å²) in [4.78, 5) is 36.0. The van der Waals surface area contributed by atoms with Gasteiger partial charge in [0, 0.05) is 61.8 Å². The highest BCUT2D eigenvalue weighted by Gasteiger charge is 2.25. The van der Waals surface area contributed by atoms with E-state index in [2.05, 4.69) is 24.9 Å². The normalized spacial score (nSPS) is 14.1. The minimum Gasteiger partial charge on any atom is -0.496 e. The summed E-state index contributed by atoms with van der Waals surface area (Å²) in [6.07, 6.45) is 12.0. The van der Waals surface area contributed by atoms with E-state index >= 15 is 0 Å². The number of benzene rings is 1. The first-order valence-corrected chi connectivity index (χ1v) is 11.9. The Balaban J connectivity index is 1.18. The highest BCUT2D eigenvalue weighted by atomic mass is 16.5. The highest BCUT2D eigenvalue weighted by molar-refractivity contribution is 5.94. The number of rotatable bonds is 7. The molecule has 1 saturated heterocycles. The van der Waals surface area contributed by atoms with E-state index < -0.39 is 0 Å². The van der Waals surface area contributed by atoms with Crippen LogP contribution in [0.25, 0.3) is 11.5 Å². The van der Waals surface area contributed by atoms with E-state index in [-0.39, 0.29) is 5.91 Å². The predicted molar refractivity (Wildman–Crippen MR) is 132 cm³/mol. The molecule has 1 fully saturated rings. The lowest BCUT2D eigenvalue weighted by Crippen LogP contribution is -2.39. The third kappa shape index (κ3) is 5.21. The maximum absolute atomic E-state index is 13.1. The molecule has 35 heavy (non-hydrogen) atoms. The fraction of sp³-hybridized carbons (Fsp3) is 0.296. The SMILES string of the molecule is COc1ccccc1Cc1ccc(C(=O)N2CCC(Cc3nccnc3-c3ncc[nH]3)CC2)cn1. The van der Waals surface area contributed by atoms with Crippen molar-refractivity contribution < 1.29 is 9.53 Å². The van der Waals surface area contributed by atoms with Crippen LogP contribution in [0.2, 0.25) is 0 Å². The quantitative estimate of drug-likeness (QED) is 0.441. The van der Waals surface area contributed by atoms with Gasteiger partial charge in [0.2, 0.25) is 0 Å². The van der Waals surface area contributed by atoms with Crippen molar-refractivity contribution in [2.45, 2.75) is 25.7 Å². The molecule has 0 atom stereocenters. The van der Waals surface area contributed by atoms with Crippen molar-refractivity contribution in [1.82, 2.24) is 29.8 Å². The van der Waals surface area contributed by atoms with Crippen LogP contribution in [0.5, 0.6) is 5.75 Å². The van der Waals surface area contributed by atoms with Crippen molar-refractivity contribution >= 4 is 5.91 Å². The maximum atomic E-state index is 13.1. The molecule has 0 spiro atoms. The molecular formula is C27H28N6O2. The number of aromatic amines is 1. The molecule has 0 unspecified atom stereocenters. The zero-order valence-corrected chi connectivity index (χ0v) is 19.7. The number of likely N-dealkylation sites (tertiary alicyclic amines) is 1. The van der Waals surface area contributed by atoms with Gasteiger partial charge in [-0.25, -0.2) is 9.97 Å². The van der Waals surface area contributed by atoms with Gasteiger partial charge in [-0.3, -0.25) is 14.8 Å². The first-order valence-electron chi connectivity index (χ1n) is 11.9. The lowest BCUT2D eigenvalue weighted by Gasteiger charge is -2.32. The molecular weight excluding hydrogens is 440 g/mol. The van der Waals surface area contributed by atoms with Crippen molar-refractivity contribution in [3.8, 4) is 17.3 Å². The summed E-state index contributed by atoms with van der Waals surface area (Å²) in [5.74, 6) is 2.07. The number of piperidine rings is 1. The monoisotopic (exact) mass is 468 g/mol. The molecule has 1 aromatic carbocycles. The van der Waals surface area contributed by atoms with Gasteiger partial charge in [-0.15, -0.1) is 0 Å². The van der Waals surface area contributed by atoms with Gasteiger partial charge in [0.05, 0.1) is 18.4 Å². The van der Waals surface area contributed by atoms with Crippen LogP contribution in [0.15, 0.2) is 67.4 Å². The zero-order valence-electron chi connectivity index (χ0n) is 19.7. The summed E-state index contributed by atoms with van der Waals surface area (Å²) in [6.45, 7) is 1.45. The van der Waals surface area contributed by atoms with Crippen molar-refractivity contribution in [3.05, 3.63) is 89.9 Å². The first kappa shape index (κ1) is 22.7. The Morgan fingerprint density at radius 1 is 1.03 bits per heavy atom. The standard InChI is InChI=1S/C27H28N6O2/c1-35-24-5-3-2-4-20(24)17-22-7-6-21(18-32-22)27(34)33-14-8-19(9-15-33)16-23-25(29-11-10-28-23)26-30-12-13-31-26/h2-7,10-13,18-19H,8-9,14-17H2,1H3,(H,30,31). The van der Waals surface area contributed by atoms with Gasteiger partial charge in [-0.1, -0.05) is 18.2 Å². The highest BCUT2D eigenvalue weighted by Crippen LogP contribution is 2.26. The molecule has 0 radical (unpaired) electrons. The van der Waals surface area contributed by atoms with E-state index in [1.165, 1.54) is 0 Å². The summed E-state index contributed by atoms with van der Waals surface area (Å²) >= 11 is 0. The van der Waals surface area contributed by atoms with Crippen molar-refractivity contribution in [3.63, 3.8) is 0 Å². The molecule has 4 aromatic rings. The minimum absolute atomic E-state index is 0.0376. The van der Waals surface area contributed by atoms with Gasteiger partial charge < -0.3 is 14.6 Å². The van der Waals surface area contributed by atoms with Crippen molar-refractivity contribution in [1.29, 1.82) is 0 Å². The van der Waals surface area contributed by atoms with Crippen LogP contribution in [-0.2, 0) is 12.8 Å². The van der Waals surface area contributed by atoms with E-state index in [0.717, 1.165) is 66.6 Å². The third-order valence-electron chi connectivity index (χ3n) is 6.52. The number of hydrogen-bond donors (Lipinski definition) is 1. The predicted octanol–water partition coefficient (Wildman–Crippen LogP) is 3.96. The van der Waals surface area contributed by atoms with Gasteiger partial charge in [-0.2, -0.15) is 0 Å². The number of hydrogen-bond acceptors (Lipinski definition) is 6. The Bertz CT molecular complexity index is 1270. The number of methoxy groups -OCH3 is 1. The molecule has 0 saturated carbocycles. The smallest absolute Gasteiger partial charge is 0.255 e. The molecule has 5 rings (SSSR count). The number of imidazole rings is 1. The van der Waals surface area contributed by atoms with Crippen molar-refractivity contribution in [2.75, 3.05) is 20.2 Å². The second-order valence-corrected chi connectivity index (χ2v) is 8.76. The number of amides is 1.